The number of carboxylic acid groups (broad SMARTS) is 1. The maximum Gasteiger partial charge on any atom is 0.408 e. The summed E-state index contributed by atoms with van der Waals surface area (Å²) in [5.41, 5.74) is 0.988. The second-order valence-electron chi connectivity index (χ2n) is 5.88. The highest BCUT2D eigenvalue weighted by molar-refractivity contribution is 6.30. The summed E-state index contributed by atoms with van der Waals surface area (Å²) in [6.45, 7) is 7.00. The molecule has 6 heteroatoms. The highest BCUT2D eigenvalue weighted by atomic mass is 35.5. The lowest BCUT2D eigenvalue weighted by molar-refractivity contribution is -0.139. The first kappa shape index (κ1) is 17.3. The molecule has 1 atom stereocenters. The molecular weight excluding hydrogens is 294 g/mol. The number of rotatable bonds is 4. The van der Waals surface area contributed by atoms with Crippen molar-refractivity contribution in [2.45, 2.75) is 45.8 Å². The minimum Gasteiger partial charge on any atom is -0.480 e. The molecule has 0 bridgehead atoms. The van der Waals surface area contributed by atoms with Crippen molar-refractivity contribution >= 4 is 23.7 Å². The molecule has 116 valence electrons. The first-order chi connectivity index (χ1) is 9.56. The molecule has 0 spiro atoms. The van der Waals surface area contributed by atoms with Crippen LogP contribution in [-0.4, -0.2) is 28.8 Å². The van der Waals surface area contributed by atoms with Gasteiger partial charge in [0, 0.05) is 11.4 Å². The fourth-order valence-corrected chi connectivity index (χ4v) is 2.13. The third-order valence-electron chi connectivity index (χ3n) is 2.53. The Labute approximate surface area is 129 Å². The SMILES string of the molecule is Cc1cc(Cl)cc(CC(NC(=O)OC(C)(C)C)C(=O)O)c1. The van der Waals surface area contributed by atoms with Crippen LogP contribution in [0.5, 0.6) is 0 Å². The third kappa shape index (κ3) is 6.49. The second kappa shape index (κ2) is 6.80. The van der Waals surface area contributed by atoms with Crippen LogP contribution in [0.1, 0.15) is 31.9 Å². The quantitative estimate of drug-likeness (QED) is 0.895. The molecule has 0 saturated carbocycles. The maximum absolute atomic E-state index is 11.7. The van der Waals surface area contributed by atoms with Crippen LogP contribution < -0.4 is 5.32 Å². The van der Waals surface area contributed by atoms with Crippen molar-refractivity contribution in [2.24, 2.45) is 0 Å². The zero-order chi connectivity index (χ0) is 16.2. The van der Waals surface area contributed by atoms with Crippen LogP contribution in [0.4, 0.5) is 4.79 Å². The molecule has 0 heterocycles. The van der Waals surface area contributed by atoms with Crippen molar-refractivity contribution in [3.63, 3.8) is 0 Å². The van der Waals surface area contributed by atoms with Gasteiger partial charge in [0.1, 0.15) is 11.6 Å². The number of aryl methyl sites for hydroxylation is 1. The van der Waals surface area contributed by atoms with Gasteiger partial charge in [-0.15, -0.1) is 0 Å². The minimum atomic E-state index is -1.13. The molecule has 0 radical (unpaired) electrons. The number of amides is 1. The summed E-state index contributed by atoms with van der Waals surface area (Å²) in [4.78, 5) is 22.9. The number of nitrogens with one attached hydrogen (secondary N) is 1. The van der Waals surface area contributed by atoms with Crippen molar-refractivity contribution in [1.82, 2.24) is 5.32 Å². The zero-order valence-corrected chi connectivity index (χ0v) is 13.3. The van der Waals surface area contributed by atoms with Gasteiger partial charge in [-0.25, -0.2) is 9.59 Å². The summed E-state index contributed by atoms with van der Waals surface area (Å²) in [6.07, 6.45) is -0.621. The van der Waals surface area contributed by atoms with Crippen LogP contribution in [0, 0.1) is 6.92 Å². The molecule has 0 saturated heterocycles. The van der Waals surface area contributed by atoms with Crippen LogP contribution in [0.3, 0.4) is 0 Å². The fraction of sp³-hybridized carbons (Fsp3) is 0.467. The number of carboxylic acids is 1. The van der Waals surface area contributed by atoms with E-state index < -0.39 is 23.7 Å². The molecule has 21 heavy (non-hydrogen) atoms. The summed E-state index contributed by atoms with van der Waals surface area (Å²) in [5, 5.41) is 12.1. The van der Waals surface area contributed by atoms with Gasteiger partial charge in [-0.05, 0) is 51.0 Å². The Hall–Kier alpha value is -1.75. The van der Waals surface area contributed by atoms with Crippen LogP contribution in [0.2, 0.25) is 5.02 Å². The van der Waals surface area contributed by atoms with Crippen LogP contribution in [0.15, 0.2) is 18.2 Å². The summed E-state index contributed by atoms with van der Waals surface area (Å²) in [7, 11) is 0. The van der Waals surface area contributed by atoms with Gasteiger partial charge < -0.3 is 15.2 Å². The summed E-state index contributed by atoms with van der Waals surface area (Å²) < 4.78 is 5.06. The second-order valence-corrected chi connectivity index (χ2v) is 6.31. The standard InChI is InChI=1S/C15H20ClNO4/c1-9-5-10(7-11(16)6-9)8-12(13(18)19)17-14(20)21-15(2,3)4/h5-7,12H,8H2,1-4H3,(H,17,20)(H,18,19). The van der Waals surface area contributed by atoms with Crippen molar-refractivity contribution in [3.8, 4) is 0 Å². The summed E-state index contributed by atoms with van der Waals surface area (Å²) >= 11 is 5.95. The number of alkyl carbamates (subject to hydrolysis) is 1. The van der Waals surface area contributed by atoms with Crippen LogP contribution in [-0.2, 0) is 16.0 Å². The van der Waals surface area contributed by atoms with Crippen LogP contribution in [0.25, 0.3) is 0 Å². The number of carbonyl (C=O) groups is 2. The van der Waals surface area contributed by atoms with Gasteiger partial charge in [0.05, 0.1) is 0 Å². The molecule has 1 rings (SSSR count). The Balaban J connectivity index is 2.78. The number of ether oxygens (including phenoxy) is 1. The Morgan fingerprint density at radius 3 is 2.43 bits per heavy atom. The number of halogens is 1. The number of hydrogen-bond donors (Lipinski definition) is 2. The molecule has 1 unspecified atom stereocenters. The van der Waals surface area contributed by atoms with E-state index in [1.807, 2.05) is 13.0 Å². The monoisotopic (exact) mass is 313 g/mol. The smallest absolute Gasteiger partial charge is 0.408 e. The molecule has 5 nitrogen and oxygen atoms in total. The molecule has 0 fully saturated rings. The van der Waals surface area contributed by atoms with E-state index in [0.29, 0.717) is 5.02 Å². The number of benzene rings is 1. The lowest BCUT2D eigenvalue weighted by Gasteiger charge is -2.22. The van der Waals surface area contributed by atoms with Crippen molar-refractivity contribution < 1.29 is 19.4 Å². The molecule has 2 N–H and O–H groups in total. The van der Waals surface area contributed by atoms with Crippen molar-refractivity contribution in [3.05, 3.63) is 34.3 Å². The topological polar surface area (TPSA) is 75.6 Å². The first-order valence-electron chi connectivity index (χ1n) is 6.55. The van der Waals surface area contributed by atoms with Gasteiger partial charge in [0.2, 0.25) is 0 Å². The summed E-state index contributed by atoms with van der Waals surface area (Å²) in [5.74, 6) is -1.13. The highest BCUT2D eigenvalue weighted by Crippen LogP contribution is 2.16. The van der Waals surface area contributed by atoms with Gasteiger partial charge >= 0.3 is 12.1 Å². The summed E-state index contributed by atoms with van der Waals surface area (Å²) in [6, 6.07) is 4.22. The Bertz CT molecular complexity index is 517. The third-order valence-corrected chi connectivity index (χ3v) is 2.75. The van der Waals surface area contributed by atoms with Crippen LogP contribution >= 0.6 is 11.6 Å². The van der Waals surface area contributed by atoms with E-state index in [4.69, 9.17) is 16.3 Å². The van der Waals surface area contributed by atoms with E-state index in [1.165, 1.54) is 0 Å². The molecular formula is C15H20ClNO4. The average Bonchev–Trinajstić information content (AvgIpc) is 2.23. The average molecular weight is 314 g/mol. The maximum atomic E-state index is 11.7. The largest absolute Gasteiger partial charge is 0.480 e. The van der Waals surface area contributed by atoms with E-state index in [-0.39, 0.29) is 6.42 Å². The number of hydrogen-bond acceptors (Lipinski definition) is 3. The van der Waals surface area contributed by atoms with Gasteiger partial charge in [0.15, 0.2) is 0 Å². The molecule has 0 aliphatic heterocycles. The minimum absolute atomic E-state index is 0.135. The van der Waals surface area contributed by atoms with E-state index in [2.05, 4.69) is 5.32 Å². The van der Waals surface area contributed by atoms with E-state index in [0.717, 1.165) is 11.1 Å². The molecule has 0 aliphatic carbocycles. The number of aliphatic carboxylic acids is 1. The van der Waals surface area contributed by atoms with E-state index >= 15 is 0 Å². The molecule has 1 aromatic carbocycles. The zero-order valence-electron chi connectivity index (χ0n) is 12.6. The predicted octanol–water partition coefficient (Wildman–Crippen LogP) is 3.17. The Kier molecular flexibility index (Phi) is 5.61. The lowest BCUT2D eigenvalue weighted by atomic mass is 10.0. The predicted molar refractivity (Wildman–Crippen MR) is 80.7 cm³/mol. The van der Waals surface area contributed by atoms with Crippen molar-refractivity contribution in [1.29, 1.82) is 0 Å². The van der Waals surface area contributed by atoms with Gasteiger partial charge in [0.25, 0.3) is 0 Å². The van der Waals surface area contributed by atoms with E-state index in [1.54, 1.807) is 32.9 Å². The molecule has 1 amide bonds. The number of carbonyl (C=O) groups excluding carboxylic acids is 1. The highest BCUT2D eigenvalue weighted by Gasteiger charge is 2.24. The van der Waals surface area contributed by atoms with Gasteiger partial charge in [-0.3, -0.25) is 0 Å². The van der Waals surface area contributed by atoms with E-state index in [9.17, 15) is 14.7 Å². The van der Waals surface area contributed by atoms with Crippen molar-refractivity contribution in [2.75, 3.05) is 0 Å². The first-order valence-corrected chi connectivity index (χ1v) is 6.93. The Morgan fingerprint density at radius 2 is 1.95 bits per heavy atom. The van der Waals surface area contributed by atoms with Gasteiger partial charge in [-0.2, -0.15) is 0 Å². The van der Waals surface area contributed by atoms with Gasteiger partial charge in [-0.1, -0.05) is 17.7 Å². The lowest BCUT2D eigenvalue weighted by Crippen LogP contribution is -2.44. The fourth-order valence-electron chi connectivity index (χ4n) is 1.82. The molecule has 1 aromatic rings. The molecule has 0 aromatic heterocycles. The molecule has 0 aliphatic rings. The normalized spacial score (nSPS) is 12.6. The Morgan fingerprint density at radius 1 is 1.33 bits per heavy atom.